The quantitative estimate of drug-likeness (QED) is 0.436. The fraction of sp³-hybridized carbons (Fsp3) is 0.368. The molecule has 0 atom stereocenters. The number of carbonyl (C=O) groups excluding carboxylic acids is 2. The summed E-state index contributed by atoms with van der Waals surface area (Å²) in [6.45, 7) is 2.75. The Morgan fingerprint density at radius 2 is 1.87 bits per heavy atom. The van der Waals surface area contributed by atoms with Crippen LogP contribution in [-0.2, 0) is 21.2 Å². The summed E-state index contributed by atoms with van der Waals surface area (Å²) in [6.07, 6.45) is 0.691. The Balaban J connectivity index is 1.94. The van der Waals surface area contributed by atoms with Crippen LogP contribution < -0.4 is 21.3 Å². The van der Waals surface area contributed by atoms with Crippen molar-refractivity contribution in [2.75, 3.05) is 44.4 Å². The van der Waals surface area contributed by atoms with Gasteiger partial charge in [-0.1, -0.05) is 6.07 Å². The highest BCUT2D eigenvalue weighted by Crippen LogP contribution is 2.26. The molecular weight excluding hydrogens is 426 g/mol. The van der Waals surface area contributed by atoms with Crippen molar-refractivity contribution < 1.29 is 18.0 Å². The van der Waals surface area contributed by atoms with Crippen LogP contribution in [0, 0.1) is 0 Å². The first-order chi connectivity index (χ1) is 14.2. The van der Waals surface area contributed by atoms with Gasteiger partial charge in [-0.15, -0.1) is 11.3 Å². The number of urea groups is 1. The summed E-state index contributed by atoms with van der Waals surface area (Å²) in [5.74, 6) is -0.535. The minimum Gasteiger partial charge on any atom is -0.384 e. The Labute approximate surface area is 180 Å². The number of anilines is 2. The third-order valence-electron chi connectivity index (χ3n) is 4.07. The van der Waals surface area contributed by atoms with Crippen molar-refractivity contribution in [3.8, 4) is 0 Å². The molecule has 0 unspecified atom stereocenters. The molecule has 164 valence electrons. The van der Waals surface area contributed by atoms with E-state index in [1.165, 1.54) is 26.2 Å². The van der Waals surface area contributed by atoms with E-state index in [1.807, 2.05) is 24.4 Å². The van der Waals surface area contributed by atoms with Crippen molar-refractivity contribution in [1.82, 2.24) is 14.9 Å². The highest BCUT2D eigenvalue weighted by Gasteiger charge is 2.19. The Morgan fingerprint density at radius 1 is 1.10 bits per heavy atom. The zero-order valence-corrected chi connectivity index (χ0v) is 18.8. The molecule has 0 fully saturated rings. The lowest BCUT2D eigenvalue weighted by molar-refractivity contribution is -0.118. The second-order valence-corrected chi connectivity index (χ2v) is 9.70. The number of thiophene rings is 1. The number of amides is 3. The lowest BCUT2D eigenvalue weighted by atomic mass is 10.2. The molecule has 2 aromatic rings. The first kappa shape index (κ1) is 23.6. The summed E-state index contributed by atoms with van der Waals surface area (Å²) in [6, 6.07) is 7.94. The van der Waals surface area contributed by atoms with Gasteiger partial charge in [-0.25, -0.2) is 17.5 Å². The molecule has 3 amide bonds. The van der Waals surface area contributed by atoms with Gasteiger partial charge in [0.15, 0.2) is 0 Å². The molecule has 0 aliphatic rings. The lowest BCUT2D eigenvalue weighted by Gasteiger charge is -2.16. The first-order valence-corrected chi connectivity index (χ1v) is 11.7. The van der Waals surface area contributed by atoms with E-state index in [9.17, 15) is 18.0 Å². The molecule has 0 saturated heterocycles. The third kappa shape index (κ3) is 6.71. The van der Waals surface area contributed by atoms with Gasteiger partial charge in [0.25, 0.3) is 0 Å². The summed E-state index contributed by atoms with van der Waals surface area (Å²) in [7, 11) is -0.717. The average molecular weight is 454 g/mol. The zero-order valence-electron chi connectivity index (χ0n) is 17.2. The molecule has 0 aliphatic heterocycles. The van der Waals surface area contributed by atoms with Crippen LogP contribution in [0.2, 0.25) is 0 Å². The van der Waals surface area contributed by atoms with Crippen LogP contribution in [0.3, 0.4) is 0 Å². The van der Waals surface area contributed by atoms with Crippen LogP contribution in [0.5, 0.6) is 0 Å². The zero-order chi connectivity index (χ0) is 22.1. The van der Waals surface area contributed by atoms with Crippen molar-refractivity contribution in [3.63, 3.8) is 0 Å². The molecule has 30 heavy (non-hydrogen) atoms. The fourth-order valence-electron chi connectivity index (χ4n) is 2.53. The molecule has 4 N–H and O–H groups in total. The highest BCUT2D eigenvalue weighted by atomic mass is 32.2. The predicted molar refractivity (Wildman–Crippen MR) is 120 cm³/mol. The summed E-state index contributed by atoms with van der Waals surface area (Å²) in [5, 5.41) is 12.9. The van der Waals surface area contributed by atoms with Gasteiger partial charge in [-0.3, -0.25) is 10.1 Å². The molecule has 1 aromatic heterocycles. The van der Waals surface area contributed by atoms with Crippen molar-refractivity contribution >= 4 is 44.7 Å². The van der Waals surface area contributed by atoms with E-state index in [0.717, 1.165) is 9.18 Å². The van der Waals surface area contributed by atoms with Crippen molar-refractivity contribution in [2.45, 2.75) is 18.2 Å². The number of nitrogens with zero attached hydrogens (tertiary/aromatic N) is 1. The van der Waals surface area contributed by atoms with Crippen LogP contribution >= 0.6 is 11.3 Å². The normalized spacial score (nSPS) is 11.2. The minimum atomic E-state index is -3.62. The summed E-state index contributed by atoms with van der Waals surface area (Å²) < 4.78 is 25.9. The standard InChI is InChI=1S/C19H27N5O4S2/c1-4-20-16-8-7-15(30(27,28)24(2)3)12-17(16)22-13-18(25)23-19(26)21-10-9-14-6-5-11-29-14/h5-8,11-12,20,22H,4,9-10,13H2,1-3H3,(H2,21,23,25,26). The Bertz CT molecular complexity index is 959. The van der Waals surface area contributed by atoms with Gasteiger partial charge in [0.2, 0.25) is 15.9 Å². The average Bonchev–Trinajstić information content (AvgIpc) is 3.20. The number of nitrogens with one attached hydrogen (secondary N) is 4. The molecular formula is C19H27N5O4S2. The second-order valence-electron chi connectivity index (χ2n) is 6.51. The van der Waals surface area contributed by atoms with Crippen molar-refractivity contribution in [3.05, 3.63) is 40.6 Å². The largest absolute Gasteiger partial charge is 0.384 e. The molecule has 0 saturated carbocycles. The van der Waals surface area contributed by atoms with Crippen LogP contribution in [0.15, 0.2) is 40.6 Å². The summed E-state index contributed by atoms with van der Waals surface area (Å²) in [4.78, 5) is 25.2. The fourth-order valence-corrected chi connectivity index (χ4v) is 4.17. The van der Waals surface area contributed by atoms with Crippen LogP contribution in [0.25, 0.3) is 0 Å². The van der Waals surface area contributed by atoms with E-state index in [-0.39, 0.29) is 11.4 Å². The van der Waals surface area contributed by atoms with Crippen molar-refractivity contribution in [2.24, 2.45) is 0 Å². The first-order valence-electron chi connectivity index (χ1n) is 9.38. The van der Waals surface area contributed by atoms with E-state index in [0.29, 0.717) is 30.9 Å². The molecule has 0 bridgehead atoms. The molecule has 0 radical (unpaired) electrons. The second kappa shape index (κ2) is 11.0. The van der Waals surface area contributed by atoms with Crippen LogP contribution in [-0.4, -0.2) is 58.4 Å². The number of benzene rings is 1. The number of hydrogen-bond acceptors (Lipinski definition) is 7. The molecule has 11 heteroatoms. The topological polar surface area (TPSA) is 120 Å². The van der Waals surface area contributed by atoms with E-state index in [1.54, 1.807) is 17.4 Å². The molecule has 2 rings (SSSR count). The summed E-state index contributed by atoms with van der Waals surface area (Å²) in [5.41, 5.74) is 1.11. The van der Waals surface area contributed by atoms with Crippen molar-refractivity contribution in [1.29, 1.82) is 0 Å². The Kier molecular flexibility index (Phi) is 8.63. The van der Waals surface area contributed by atoms with Crippen LogP contribution in [0.4, 0.5) is 16.2 Å². The van der Waals surface area contributed by atoms with E-state index in [2.05, 4.69) is 21.3 Å². The predicted octanol–water partition coefficient (Wildman–Crippen LogP) is 1.91. The van der Waals surface area contributed by atoms with Gasteiger partial charge in [0, 0.05) is 32.1 Å². The maximum Gasteiger partial charge on any atom is 0.321 e. The molecule has 0 aliphatic carbocycles. The number of sulfonamides is 1. The number of carbonyl (C=O) groups is 2. The van der Waals surface area contributed by atoms with Gasteiger partial charge in [0.05, 0.1) is 22.8 Å². The number of hydrogen-bond donors (Lipinski definition) is 4. The third-order valence-corrected chi connectivity index (χ3v) is 6.81. The lowest BCUT2D eigenvalue weighted by Crippen LogP contribution is -2.42. The van der Waals surface area contributed by atoms with Gasteiger partial charge >= 0.3 is 6.03 Å². The monoisotopic (exact) mass is 453 g/mol. The molecule has 0 spiro atoms. The van der Waals surface area contributed by atoms with E-state index < -0.39 is 22.0 Å². The summed E-state index contributed by atoms with van der Waals surface area (Å²) >= 11 is 1.60. The van der Waals surface area contributed by atoms with E-state index in [4.69, 9.17) is 0 Å². The molecule has 1 heterocycles. The number of rotatable bonds is 10. The van der Waals surface area contributed by atoms with Gasteiger partial charge in [0.1, 0.15) is 0 Å². The minimum absolute atomic E-state index is 0.100. The van der Waals surface area contributed by atoms with E-state index >= 15 is 0 Å². The number of imide groups is 1. The Morgan fingerprint density at radius 3 is 2.50 bits per heavy atom. The molecule has 1 aromatic carbocycles. The highest BCUT2D eigenvalue weighted by molar-refractivity contribution is 7.89. The Hall–Kier alpha value is -2.63. The smallest absolute Gasteiger partial charge is 0.321 e. The molecule has 9 nitrogen and oxygen atoms in total. The van der Waals surface area contributed by atoms with Gasteiger partial charge in [-0.2, -0.15) is 0 Å². The SMILES string of the molecule is CCNc1ccc(S(=O)(=O)N(C)C)cc1NCC(=O)NC(=O)NCCc1cccs1. The maximum absolute atomic E-state index is 12.4. The van der Waals surface area contributed by atoms with Crippen LogP contribution in [0.1, 0.15) is 11.8 Å². The maximum atomic E-state index is 12.4. The van der Waals surface area contributed by atoms with Gasteiger partial charge < -0.3 is 16.0 Å². The van der Waals surface area contributed by atoms with Gasteiger partial charge in [-0.05, 0) is 43.0 Å².